The number of nitrogens with zero attached hydrogens (tertiary/aromatic N) is 2. The van der Waals surface area contributed by atoms with Crippen molar-refractivity contribution in [2.45, 2.75) is 57.7 Å². The fraction of sp³-hybridized carbons (Fsp3) is 0.609. The Morgan fingerprint density at radius 3 is 2.94 bits per heavy atom. The Balaban J connectivity index is 1.35. The van der Waals surface area contributed by atoms with E-state index < -0.39 is 5.72 Å². The Hall–Kier alpha value is -2.61. The van der Waals surface area contributed by atoms with Crippen LogP contribution in [-0.4, -0.2) is 72.0 Å². The number of rotatable bonds is 5. The minimum absolute atomic E-state index is 0.0392. The molecule has 0 bridgehead atoms. The second-order valence-electron chi connectivity index (χ2n) is 8.84. The van der Waals surface area contributed by atoms with E-state index in [1.165, 1.54) is 0 Å². The van der Waals surface area contributed by atoms with Crippen LogP contribution in [0, 0.1) is 6.92 Å². The molecule has 2 fully saturated rings. The molecule has 168 valence electrons. The summed E-state index contributed by atoms with van der Waals surface area (Å²) in [7, 11) is 0. The number of ether oxygens (including phenoxy) is 1. The normalized spacial score (nSPS) is 26.3. The van der Waals surface area contributed by atoms with Gasteiger partial charge in [-0.3, -0.25) is 19.3 Å². The Kier molecular flexibility index (Phi) is 6.18. The number of likely N-dealkylation sites (tertiary alicyclic amines) is 2. The van der Waals surface area contributed by atoms with Crippen LogP contribution in [0.1, 0.15) is 54.9 Å². The highest BCUT2D eigenvalue weighted by Crippen LogP contribution is 2.34. The molecule has 2 N–H and O–H groups in total. The van der Waals surface area contributed by atoms with Gasteiger partial charge in [0.1, 0.15) is 5.75 Å². The number of fused-ring (bicyclic) bond motifs is 1. The first kappa shape index (κ1) is 21.6. The summed E-state index contributed by atoms with van der Waals surface area (Å²) in [6.45, 7) is 7.15. The summed E-state index contributed by atoms with van der Waals surface area (Å²) in [4.78, 5) is 41.8. The Bertz CT molecular complexity index is 873. The molecule has 4 rings (SSSR count). The zero-order valence-electron chi connectivity index (χ0n) is 18.4. The lowest BCUT2D eigenvalue weighted by molar-refractivity contribution is -0.135. The Morgan fingerprint density at radius 2 is 2.13 bits per heavy atom. The second-order valence-corrected chi connectivity index (χ2v) is 8.84. The molecule has 1 aromatic carbocycles. The number of hydrogen-bond acceptors (Lipinski definition) is 5. The van der Waals surface area contributed by atoms with E-state index in [0.717, 1.165) is 31.5 Å². The molecule has 3 heterocycles. The maximum Gasteiger partial charge on any atom is 0.258 e. The van der Waals surface area contributed by atoms with Gasteiger partial charge in [0.25, 0.3) is 5.91 Å². The van der Waals surface area contributed by atoms with E-state index in [4.69, 9.17) is 4.74 Å². The van der Waals surface area contributed by atoms with E-state index in [0.29, 0.717) is 43.3 Å². The number of likely N-dealkylation sites (N-methyl/N-ethyl adjacent to an activating group) is 1. The molecule has 31 heavy (non-hydrogen) atoms. The van der Waals surface area contributed by atoms with Crippen molar-refractivity contribution >= 4 is 17.7 Å². The van der Waals surface area contributed by atoms with Crippen LogP contribution in [0.2, 0.25) is 0 Å². The molecule has 2 atom stereocenters. The quantitative estimate of drug-likeness (QED) is 0.740. The van der Waals surface area contributed by atoms with Crippen molar-refractivity contribution in [2.24, 2.45) is 0 Å². The van der Waals surface area contributed by atoms with Gasteiger partial charge in [0.2, 0.25) is 11.8 Å². The molecule has 2 saturated heterocycles. The number of aryl methyl sites for hydroxylation is 1. The van der Waals surface area contributed by atoms with Gasteiger partial charge in [0, 0.05) is 38.4 Å². The highest BCUT2D eigenvalue weighted by atomic mass is 16.5. The van der Waals surface area contributed by atoms with Crippen LogP contribution in [0.25, 0.3) is 0 Å². The summed E-state index contributed by atoms with van der Waals surface area (Å²) >= 11 is 0. The van der Waals surface area contributed by atoms with E-state index in [-0.39, 0.29) is 30.7 Å². The average Bonchev–Trinajstić information content (AvgIpc) is 3.16. The minimum atomic E-state index is -0.911. The third-order valence-corrected chi connectivity index (χ3v) is 6.68. The van der Waals surface area contributed by atoms with E-state index in [2.05, 4.69) is 22.5 Å². The average molecular weight is 429 g/mol. The molecule has 1 aromatic rings. The zero-order valence-corrected chi connectivity index (χ0v) is 18.4. The van der Waals surface area contributed by atoms with Crippen LogP contribution in [-0.2, 0) is 9.59 Å². The number of hydrogen-bond donors (Lipinski definition) is 2. The topological polar surface area (TPSA) is 91.0 Å². The number of nitrogens with one attached hydrogen (secondary N) is 2. The predicted molar refractivity (Wildman–Crippen MR) is 116 cm³/mol. The molecule has 0 aromatic heterocycles. The molecule has 3 aliphatic heterocycles. The van der Waals surface area contributed by atoms with Gasteiger partial charge >= 0.3 is 0 Å². The first-order valence-electron chi connectivity index (χ1n) is 11.3. The van der Waals surface area contributed by atoms with Gasteiger partial charge in [-0.1, -0.05) is 18.6 Å². The third kappa shape index (κ3) is 4.69. The molecule has 0 aliphatic carbocycles. The molecule has 3 amide bonds. The molecule has 8 heteroatoms. The zero-order chi connectivity index (χ0) is 22.0. The lowest BCUT2D eigenvalue weighted by atomic mass is 9.99. The molecule has 8 nitrogen and oxygen atoms in total. The van der Waals surface area contributed by atoms with Crippen LogP contribution < -0.4 is 15.4 Å². The Morgan fingerprint density at radius 1 is 1.29 bits per heavy atom. The van der Waals surface area contributed by atoms with Crippen molar-refractivity contribution in [1.82, 2.24) is 20.4 Å². The fourth-order valence-corrected chi connectivity index (χ4v) is 4.85. The fourth-order valence-electron chi connectivity index (χ4n) is 4.85. The lowest BCUT2D eigenvalue weighted by Gasteiger charge is -2.38. The molecule has 0 radical (unpaired) electrons. The summed E-state index contributed by atoms with van der Waals surface area (Å²) in [5, 5.41) is 5.98. The highest BCUT2D eigenvalue weighted by molar-refractivity contribution is 5.98. The Labute approximate surface area is 183 Å². The SMILES string of the molecule is CCN1CCCC1CNC(=O)CN1CCC2(CCC1=O)NC(=O)c1cc(C)ccc1O2. The van der Waals surface area contributed by atoms with Crippen molar-refractivity contribution in [1.29, 1.82) is 0 Å². The van der Waals surface area contributed by atoms with E-state index in [1.54, 1.807) is 11.0 Å². The van der Waals surface area contributed by atoms with Crippen LogP contribution in [0.15, 0.2) is 18.2 Å². The van der Waals surface area contributed by atoms with Gasteiger partial charge in [-0.05, 0) is 45.0 Å². The van der Waals surface area contributed by atoms with Crippen molar-refractivity contribution in [3.05, 3.63) is 29.3 Å². The van der Waals surface area contributed by atoms with Gasteiger partial charge in [-0.25, -0.2) is 0 Å². The summed E-state index contributed by atoms with van der Waals surface area (Å²) in [6, 6.07) is 5.91. The molecular weight excluding hydrogens is 396 g/mol. The van der Waals surface area contributed by atoms with Crippen molar-refractivity contribution in [3.63, 3.8) is 0 Å². The summed E-state index contributed by atoms with van der Waals surface area (Å²) in [5.74, 6) is 0.142. The third-order valence-electron chi connectivity index (χ3n) is 6.68. The number of carbonyl (C=O) groups is 3. The van der Waals surface area contributed by atoms with Gasteiger partial charge in [-0.2, -0.15) is 0 Å². The smallest absolute Gasteiger partial charge is 0.258 e. The summed E-state index contributed by atoms with van der Waals surface area (Å²) in [6.07, 6.45) is 3.31. The number of carbonyl (C=O) groups excluding carboxylic acids is 3. The molecular formula is C23H32N4O4. The number of amides is 3. The van der Waals surface area contributed by atoms with E-state index in [1.807, 2.05) is 19.1 Å². The summed E-state index contributed by atoms with van der Waals surface area (Å²) < 4.78 is 6.19. The summed E-state index contributed by atoms with van der Waals surface area (Å²) in [5.41, 5.74) is 0.595. The molecule has 2 unspecified atom stereocenters. The first-order valence-corrected chi connectivity index (χ1v) is 11.3. The van der Waals surface area contributed by atoms with Gasteiger partial charge < -0.3 is 20.3 Å². The highest BCUT2D eigenvalue weighted by Gasteiger charge is 2.42. The first-order chi connectivity index (χ1) is 14.9. The van der Waals surface area contributed by atoms with Gasteiger partial charge in [0.05, 0.1) is 12.1 Å². The second kappa shape index (κ2) is 8.86. The maximum absolute atomic E-state index is 12.7. The van der Waals surface area contributed by atoms with Crippen molar-refractivity contribution < 1.29 is 19.1 Å². The predicted octanol–water partition coefficient (Wildman–Crippen LogP) is 1.43. The van der Waals surface area contributed by atoms with Gasteiger partial charge in [-0.15, -0.1) is 0 Å². The standard InChI is InChI=1S/C23H32N4O4/c1-3-26-11-4-5-17(26)14-24-20(28)15-27-12-10-23(9-8-21(27)29)25-22(30)18-13-16(2)6-7-19(18)31-23/h6-7,13,17H,3-5,8-12,14-15H2,1-2H3,(H,24,28)(H,25,30). The van der Waals surface area contributed by atoms with Gasteiger partial charge in [0.15, 0.2) is 5.72 Å². The van der Waals surface area contributed by atoms with Crippen LogP contribution in [0.5, 0.6) is 5.75 Å². The lowest BCUT2D eigenvalue weighted by Crippen LogP contribution is -2.56. The largest absolute Gasteiger partial charge is 0.467 e. The van der Waals surface area contributed by atoms with E-state index >= 15 is 0 Å². The molecule has 3 aliphatic rings. The monoisotopic (exact) mass is 428 g/mol. The van der Waals surface area contributed by atoms with Crippen molar-refractivity contribution in [3.8, 4) is 5.75 Å². The molecule has 1 spiro atoms. The van der Waals surface area contributed by atoms with Crippen LogP contribution >= 0.6 is 0 Å². The van der Waals surface area contributed by atoms with Crippen LogP contribution in [0.4, 0.5) is 0 Å². The van der Waals surface area contributed by atoms with Crippen molar-refractivity contribution in [2.75, 3.05) is 32.7 Å². The minimum Gasteiger partial charge on any atom is -0.467 e. The number of benzene rings is 1. The van der Waals surface area contributed by atoms with E-state index in [9.17, 15) is 14.4 Å². The maximum atomic E-state index is 12.7. The molecule has 0 saturated carbocycles. The van der Waals surface area contributed by atoms with Crippen LogP contribution in [0.3, 0.4) is 0 Å².